The number of carbonyl (C=O) groups is 2. The fourth-order valence-electron chi connectivity index (χ4n) is 2.88. The maximum Gasteiger partial charge on any atom is 0.323 e. The summed E-state index contributed by atoms with van der Waals surface area (Å²) in [7, 11) is 2.71. The normalized spacial score (nSPS) is 21.3. The van der Waals surface area contributed by atoms with Crippen LogP contribution < -0.4 is 0 Å². The molecule has 0 N–H and O–H groups in total. The minimum atomic E-state index is -0.464. The maximum atomic E-state index is 12.1. The predicted molar refractivity (Wildman–Crippen MR) is 82.1 cm³/mol. The van der Waals surface area contributed by atoms with Gasteiger partial charge in [0.1, 0.15) is 6.04 Å². The molecule has 1 aromatic carbocycles. The van der Waals surface area contributed by atoms with E-state index in [1.807, 2.05) is 17.0 Å². The highest BCUT2D eigenvalue weighted by Crippen LogP contribution is 2.26. The lowest BCUT2D eigenvalue weighted by molar-refractivity contribution is -0.154. The molecule has 23 heavy (non-hydrogen) atoms. The second-order valence-corrected chi connectivity index (χ2v) is 5.56. The van der Waals surface area contributed by atoms with Crippen LogP contribution in [0.4, 0.5) is 0 Å². The molecule has 1 saturated heterocycles. The van der Waals surface area contributed by atoms with Crippen molar-refractivity contribution < 1.29 is 19.1 Å². The van der Waals surface area contributed by atoms with Gasteiger partial charge in [0.15, 0.2) is 0 Å². The third kappa shape index (κ3) is 4.08. The number of hydrogen-bond acceptors (Lipinski definition) is 6. The Morgan fingerprint density at radius 2 is 1.87 bits per heavy atom. The average molecular weight is 316 g/mol. The lowest BCUT2D eigenvalue weighted by Gasteiger charge is -2.36. The van der Waals surface area contributed by atoms with E-state index in [9.17, 15) is 9.59 Å². The molecule has 1 aliphatic rings. The van der Waals surface area contributed by atoms with E-state index in [1.54, 1.807) is 12.1 Å². The van der Waals surface area contributed by atoms with Gasteiger partial charge in [0.2, 0.25) is 0 Å². The van der Waals surface area contributed by atoms with Crippen LogP contribution in [-0.2, 0) is 25.6 Å². The summed E-state index contributed by atoms with van der Waals surface area (Å²) in [5.74, 6) is -0.898. The van der Waals surface area contributed by atoms with E-state index in [0.717, 1.165) is 5.56 Å². The molecule has 0 spiro atoms. The van der Waals surface area contributed by atoms with Crippen LogP contribution in [0.15, 0.2) is 24.3 Å². The van der Waals surface area contributed by atoms with Crippen LogP contribution in [0.25, 0.3) is 0 Å². The molecular weight excluding hydrogens is 296 g/mol. The van der Waals surface area contributed by atoms with Crippen LogP contribution in [-0.4, -0.2) is 43.6 Å². The molecule has 0 aromatic heterocycles. The highest BCUT2D eigenvalue weighted by Gasteiger charge is 2.37. The molecule has 6 heteroatoms. The number of hydrogen-bond donors (Lipinski definition) is 0. The van der Waals surface area contributed by atoms with E-state index >= 15 is 0 Å². The number of likely N-dealkylation sites (tertiary alicyclic amines) is 1. The van der Waals surface area contributed by atoms with Crippen molar-refractivity contribution in [1.29, 1.82) is 5.26 Å². The number of rotatable bonds is 4. The molecule has 122 valence electrons. The van der Waals surface area contributed by atoms with Gasteiger partial charge in [-0.2, -0.15) is 5.26 Å². The summed E-state index contributed by atoms with van der Waals surface area (Å²) in [6.45, 7) is 1.18. The van der Waals surface area contributed by atoms with E-state index in [0.29, 0.717) is 31.5 Å². The van der Waals surface area contributed by atoms with E-state index in [4.69, 9.17) is 14.7 Å². The van der Waals surface area contributed by atoms with Gasteiger partial charge in [0.25, 0.3) is 0 Å². The highest BCUT2D eigenvalue weighted by molar-refractivity contribution is 5.78. The van der Waals surface area contributed by atoms with Crippen LogP contribution in [0.5, 0.6) is 0 Å². The Bertz CT molecular complexity index is 606. The molecule has 1 heterocycles. The van der Waals surface area contributed by atoms with E-state index < -0.39 is 6.04 Å². The molecule has 0 saturated carbocycles. The summed E-state index contributed by atoms with van der Waals surface area (Å²) in [4.78, 5) is 25.8. The number of methoxy groups -OCH3 is 2. The monoisotopic (exact) mass is 316 g/mol. The van der Waals surface area contributed by atoms with Crippen LogP contribution in [0, 0.1) is 17.2 Å². The summed E-state index contributed by atoms with van der Waals surface area (Å²) in [5, 5.41) is 8.84. The Hall–Kier alpha value is -2.39. The first-order valence-electron chi connectivity index (χ1n) is 7.47. The number of carbonyl (C=O) groups excluding carboxylic acids is 2. The Balaban J connectivity index is 2.11. The molecule has 2 atom stereocenters. The number of piperidine rings is 1. The topological polar surface area (TPSA) is 79.6 Å². The Kier molecular flexibility index (Phi) is 5.72. The lowest BCUT2D eigenvalue weighted by atomic mass is 9.90. The van der Waals surface area contributed by atoms with Gasteiger partial charge < -0.3 is 9.47 Å². The first-order chi connectivity index (χ1) is 11.1. The standard InChI is InChI=1S/C17H20N2O4/c1-22-16(20)14-7-8-19(15(9-14)17(21)23-2)11-13-5-3-12(10-18)4-6-13/h3-6,14-15H,7-9,11H2,1-2H3/t14-,15+/m1/s1. The molecule has 1 aliphatic heterocycles. The van der Waals surface area contributed by atoms with Gasteiger partial charge in [-0.1, -0.05) is 12.1 Å². The predicted octanol–water partition coefficient (Wildman–Crippen LogP) is 1.48. The number of esters is 2. The molecule has 0 amide bonds. The van der Waals surface area contributed by atoms with E-state index in [1.165, 1.54) is 14.2 Å². The van der Waals surface area contributed by atoms with Gasteiger partial charge in [-0.15, -0.1) is 0 Å². The minimum Gasteiger partial charge on any atom is -0.469 e. The first-order valence-corrected chi connectivity index (χ1v) is 7.47. The van der Waals surface area contributed by atoms with Gasteiger partial charge in [-0.3, -0.25) is 14.5 Å². The van der Waals surface area contributed by atoms with Crippen molar-refractivity contribution in [2.45, 2.75) is 25.4 Å². The van der Waals surface area contributed by atoms with E-state index in [-0.39, 0.29) is 17.9 Å². The second-order valence-electron chi connectivity index (χ2n) is 5.56. The Morgan fingerprint density at radius 1 is 1.22 bits per heavy atom. The molecule has 0 bridgehead atoms. The van der Waals surface area contributed by atoms with Crippen molar-refractivity contribution in [2.75, 3.05) is 20.8 Å². The van der Waals surface area contributed by atoms with Gasteiger partial charge in [0.05, 0.1) is 31.8 Å². The highest BCUT2D eigenvalue weighted by atomic mass is 16.5. The molecule has 1 aromatic rings. The largest absolute Gasteiger partial charge is 0.469 e. The summed E-state index contributed by atoms with van der Waals surface area (Å²) < 4.78 is 9.67. The van der Waals surface area contributed by atoms with Crippen LogP contribution in [0.1, 0.15) is 24.0 Å². The number of benzene rings is 1. The zero-order chi connectivity index (χ0) is 16.8. The lowest BCUT2D eigenvalue weighted by Crippen LogP contribution is -2.48. The second kappa shape index (κ2) is 7.75. The van der Waals surface area contributed by atoms with E-state index in [2.05, 4.69) is 6.07 Å². The molecule has 0 aliphatic carbocycles. The fourth-order valence-corrected chi connectivity index (χ4v) is 2.88. The van der Waals surface area contributed by atoms with Gasteiger partial charge >= 0.3 is 11.9 Å². The number of ether oxygens (including phenoxy) is 2. The molecular formula is C17H20N2O4. The van der Waals surface area contributed by atoms with Crippen molar-refractivity contribution >= 4 is 11.9 Å². The minimum absolute atomic E-state index is 0.277. The molecule has 0 radical (unpaired) electrons. The van der Waals surface area contributed by atoms with Crippen LogP contribution >= 0.6 is 0 Å². The van der Waals surface area contributed by atoms with Crippen molar-refractivity contribution in [2.24, 2.45) is 5.92 Å². The Morgan fingerprint density at radius 3 is 2.43 bits per heavy atom. The SMILES string of the molecule is COC(=O)[C@@H]1CCN(Cc2ccc(C#N)cc2)[C@H](C(=O)OC)C1. The first kappa shape index (κ1) is 17.0. The summed E-state index contributed by atoms with van der Waals surface area (Å²) in [6.07, 6.45) is 1.05. The molecule has 2 rings (SSSR count). The summed E-state index contributed by atoms with van der Waals surface area (Å²) in [6, 6.07) is 8.87. The average Bonchev–Trinajstić information content (AvgIpc) is 2.61. The Labute approximate surface area is 135 Å². The third-order valence-corrected chi connectivity index (χ3v) is 4.19. The maximum absolute atomic E-state index is 12.1. The number of nitrogens with zero attached hydrogens (tertiary/aromatic N) is 2. The number of nitriles is 1. The summed E-state index contributed by atoms with van der Waals surface area (Å²) >= 11 is 0. The third-order valence-electron chi connectivity index (χ3n) is 4.19. The molecule has 0 unspecified atom stereocenters. The van der Waals surface area contributed by atoms with Gasteiger partial charge in [0, 0.05) is 13.1 Å². The van der Waals surface area contributed by atoms with Gasteiger partial charge in [-0.25, -0.2) is 0 Å². The van der Waals surface area contributed by atoms with Crippen molar-refractivity contribution in [3.05, 3.63) is 35.4 Å². The zero-order valence-corrected chi connectivity index (χ0v) is 13.3. The van der Waals surface area contributed by atoms with Crippen LogP contribution in [0.2, 0.25) is 0 Å². The quantitative estimate of drug-likeness (QED) is 0.783. The summed E-state index contributed by atoms with van der Waals surface area (Å²) in [5.41, 5.74) is 1.61. The van der Waals surface area contributed by atoms with Crippen molar-refractivity contribution in [1.82, 2.24) is 4.90 Å². The van der Waals surface area contributed by atoms with Crippen LogP contribution in [0.3, 0.4) is 0 Å². The molecule has 1 fully saturated rings. The van der Waals surface area contributed by atoms with Crippen molar-refractivity contribution in [3.63, 3.8) is 0 Å². The van der Waals surface area contributed by atoms with Gasteiger partial charge in [-0.05, 0) is 30.5 Å². The zero-order valence-electron chi connectivity index (χ0n) is 13.3. The smallest absolute Gasteiger partial charge is 0.323 e. The molecule has 6 nitrogen and oxygen atoms in total. The fraction of sp³-hybridized carbons (Fsp3) is 0.471. The van der Waals surface area contributed by atoms with Crippen molar-refractivity contribution in [3.8, 4) is 6.07 Å².